The highest BCUT2D eigenvalue weighted by Crippen LogP contribution is 2.41. The number of para-hydroxylation sites is 1. The second-order valence-electron chi connectivity index (χ2n) is 6.45. The number of nitrogens with one attached hydrogen (secondary N) is 2. The Hall–Kier alpha value is -3.09. The van der Waals surface area contributed by atoms with Crippen LogP contribution >= 0.6 is 22.9 Å². The first-order valence-corrected chi connectivity index (χ1v) is 10.3. The molecular formula is C22H18ClN3O2S. The van der Waals surface area contributed by atoms with Gasteiger partial charge in [0.15, 0.2) is 0 Å². The number of amides is 2. The van der Waals surface area contributed by atoms with Gasteiger partial charge in [-0.05, 0) is 36.2 Å². The highest BCUT2D eigenvalue weighted by molar-refractivity contribution is 7.21. The minimum Gasteiger partial charge on any atom is -0.505 e. The Bertz CT molecular complexity index is 1130. The molecule has 0 spiro atoms. The van der Waals surface area contributed by atoms with Gasteiger partial charge in [-0.2, -0.15) is 0 Å². The Morgan fingerprint density at radius 2 is 1.83 bits per heavy atom. The van der Waals surface area contributed by atoms with E-state index in [1.54, 1.807) is 6.07 Å². The lowest BCUT2D eigenvalue weighted by Gasteiger charge is -2.12. The zero-order valence-corrected chi connectivity index (χ0v) is 16.9. The molecule has 146 valence electrons. The van der Waals surface area contributed by atoms with Crippen molar-refractivity contribution >= 4 is 44.9 Å². The largest absolute Gasteiger partial charge is 0.505 e. The lowest BCUT2D eigenvalue weighted by atomic mass is 10.1. The number of phenols is 1. The number of carbonyl (C=O) groups is 1. The van der Waals surface area contributed by atoms with E-state index in [0.29, 0.717) is 28.6 Å². The van der Waals surface area contributed by atoms with E-state index >= 15 is 0 Å². The molecule has 4 aromatic rings. The zero-order chi connectivity index (χ0) is 20.2. The molecule has 3 aromatic carbocycles. The number of phenolic OH excluding ortho intramolecular Hbond substituents is 1. The van der Waals surface area contributed by atoms with Gasteiger partial charge >= 0.3 is 6.03 Å². The van der Waals surface area contributed by atoms with Crippen LogP contribution in [0.1, 0.15) is 5.56 Å². The molecule has 0 aliphatic heterocycles. The molecular weight excluding hydrogens is 406 g/mol. The van der Waals surface area contributed by atoms with Crippen molar-refractivity contribution in [2.75, 3.05) is 11.9 Å². The molecule has 1 heterocycles. The molecule has 3 N–H and O–H groups in total. The van der Waals surface area contributed by atoms with Crippen LogP contribution in [0.15, 0.2) is 66.7 Å². The number of aromatic nitrogens is 1. The van der Waals surface area contributed by atoms with Crippen molar-refractivity contribution in [2.45, 2.75) is 6.42 Å². The number of aromatic hydroxyl groups is 1. The van der Waals surface area contributed by atoms with Crippen molar-refractivity contribution in [1.82, 2.24) is 10.3 Å². The Kier molecular flexibility index (Phi) is 5.64. The molecule has 5 nitrogen and oxygen atoms in total. The third-order valence-electron chi connectivity index (χ3n) is 4.39. The molecule has 0 bridgehead atoms. The number of hydrogen-bond donors (Lipinski definition) is 3. The number of hydrogen-bond acceptors (Lipinski definition) is 4. The Balaban J connectivity index is 1.49. The number of rotatable bonds is 5. The summed E-state index contributed by atoms with van der Waals surface area (Å²) in [5.74, 6) is -0.0633. The second kappa shape index (κ2) is 8.51. The molecule has 4 rings (SSSR count). The molecule has 1 aromatic heterocycles. The van der Waals surface area contributed by atoms with Gasteiger partial charge in [-0.15, -0.1) is 11.3 Å². The van der Waals surface area contributed by atoms with E-state index in [1.165, 1.54) is 17.4 Å². The van der Waals surface area contributed by atoms with E-state index in [0.717, 1.165) is 15.8 Å². The van der Waals surface area contributed by atoms with Gasteiger partial charge in [-0.1, -0.05) is 54.1 Å². The summed E-state index contributed by atoms with van der Waals surface area (Å²) in [6, 6.07) is 20.4. The van der Waals surface area contributed by atoms with Crippen LogP contribution in [-0.2, 0) is 6.42 Å². The summed E-state index contributed by atoms with van der Waals surface area (Å²) in [7, 11) is 0. The Morgan fingerprint density at radius 3 is 2.62 bits per heavy atom. The summed E-state index contributed by atoms with van der Waals surface area (Å²) in [5, 5.41) is 17.2. The lowest BCUT2D eigenvalue weighted by molar-refractivity contribution is 0.252. The van der Waals surface area contributed by atoms with Crippen LogP contribution in [0.3, 0.4) is 0 Å². The second-order valence-corrected chi connectivity index (χ2v) is 7.92. The number of anilines is 1. The fourth-order valence-electron chi connectivity index (χ4n) is 2.98. The summed E-state index contributed by atoms with van der Waals surface area (Å²) in [5.41, 5.74) is 2.71. The van der Waals surface area contributed by atoms with E-state index < -0.39 is 6.03 Å². The molecule has 0 aliphatic carbocycles. The topological polar surface area (TPSA) is 74.2 Å². The van der Waals surface area contributed by atoms with Crippen molar-refractivity contribution in [1.29, 1.82) is 0 Å². The zero-order valence-electron chi connectivity index (χ0n) is 15.4. The monoisotopic (exact) mass is 423 g/mol. The SMILES string of the molecule is O=C(NCCc1ccccc1)Nc1cc(Cl)cc(-c2nc3ccccc3s2)c1O. The van der Waals surface area contributed by atoms with E-state index in [4.69, 9.17) is 11.6 Å². The minimum absolute atomic E-state index is 0.0633. The van der Waals surface area contributed by atoms with Crippen LogP contribution in [0.4, 0.5) is 10.5 Å². The quantitative estimate of drug-likeness (QED) is 0.361. The van der Waals surface area contributed by atoms with Crippen LogP contribution in [0.2, 0.25) is 5.02 Å². The van der Waals surface area contributed by atoms with Crippen molar-refractivity contribution in [3.05, 3.63) is 77.3 Å². The van der Waals surface area contributed by atoms with Gasteiger partial charge in [-0.25, -0.2) is 9.78 Å². The maximum Gasteiger partial charge on any atom is 0.319 e. The van der Waals surface area contributed by atoms with Gasteiger partial charge in [-0.3, -0.25) is 0 Å². The van der Waals surface area contributed by atoms with E-state index in [1.807, 2.05) is 54.6 Å². The Morgan fingerprint density at radius 1 is 1.07 bits per heavy atom. The van der Waals surface area contributed by atoms with Gasteiger partial charge in [0, 0.05) is 11.6 Å². The maximum absolute atomic E-state index is 12.3. The molecule has 7 heteroatoms. The van der Waals surface area contributed by atoms with Crippen molar-refractivity contribution < 1.29 is 9.90 Å². The van der Waals surface area contributed by atoms with Gasteiger partial charge < -0.3 is 15.7 Å². The number of urea groups is 1. The van der Waals surface area contributed by atoms with Gasteiger partial charge in [0.2, 0.25) is 0 Å². The summed E-state index contributed by atoms with van der Waals surface area (Å²) < 4.78 is 1.01. The highest BCUT2D eigenvalue weighted by atomic mass is 35.5. The van der Waals surface area contributed by atoms with E-state index in [-0.39, 0.29) is 11.4 Å². The number of carbonyl (C=O) groups excluding carboxylic acids is 1. The van der Waals surface area contributed by atoms with E-state index in [2.05, 4.69) is 15.6 Å². The number of fused-ring (bicyclic) bond motifs is 1. The molecule has 29 heavy (non-hydrogen) atoms. The predicted octanol–water partition coefficient (Wildman–Crippen LogP) is 5.69. The van der Waals surface area contributed by atoms with Crippen LogP contribution in [0, 0.1) is 0 Å². The van der Waals surface area contributed by atoms with Gasteiger partial charge in [0.1, 0.15) is 10.8 Å². The van der Waals surface area contributed by atoms with Crippen molar-refractivity contribution in [3.63, 3.8) is 0 Å². The first-order valence-electron chi connectivity index (χ1n) is 9.07. The lowest BCUT2D eigenvalue weighted by Crippen LogP contribution is -2.30. The van der Waals surface area contributed by atoms with E-state index in [9.17, 15) is 9.90 Å². The summed E-state index contributed by atoms with van der Waals surface area (Å²) >= 11 is 7.69. The van der Waals surface area contributed by atoms with Crippen LogP contribution in [0.5, 0.6) is 5.75 Å². The third kappa shape index (κ3) is 4.50. The van der Waals surface area contributed by atoms with Crippen LogP contribution in [0.25, 0.3) is 20.8 Å². The Labute approximate surface area is 177 Å². The molecule has 2 amide bonds. The summed E-state index contributed by atoms with van der Waals surface area (Å²) in [6.07, 6.45) is 0.715. The average Bonchev–Trinajstić information content (AvgIpc) is 3.15. The number of thiazole rings is 1. The molecule has 0 aliphatic rings. The van der Waals surface area contributed by atoms with Crippen molar-refractivity contribution in [2.24, 2.45) is 0 Å². The standard InChI is InChI=1S/C22H18ClN3O2S/c23-15-12-16(21-25-17-8-4-5-9-19(17)29-21)20(27)18(13-15)26-22(28)24-11-10-14-6-2-1-3-7-14/h1-9,12-13,27H,10-11H2,(H2,24,26,28). The maximum atomic E-state index is 12.3. The number of halogens is 1. The molecule has 0 unspecified atom stereocenters. The van der Waals surface area contributed by atoms with Gasteiger partial charge in [0.05, 0.1) is 21.5 Å². The first-order chi connectivity index (χ1) is 14.1. The number of nitrogens with zero attached hydrogens (tertiary/aromatic N) is 1. The minimum atomic E-state index is -0.409. The fraction of sp³-hybridized carbons (Fsp3) is 0.0909. The molecule has 0 radical (unpaired) electrons. The normalized spacial score (nSPS) is 10.8. The molecule has 0 atom stereocenters. The number of benzene rings is 3. The van der Waals surface area contributed by atoms with Crippen LogP contribution in [-0.4, -0.2) is 22.7 Å². The smallest absolute Gasteiger partial charge is 0.319 e. The summed E-state index contributed by atoms with van der Waals surface area (Å²) in [6.45, 7) is 0.474. The molecule has 0 saturated heterocycles. The molecule has 0 fully saturated rings. The van der Waals surface area contributed by atoms with Crippen LogP contribution < -0.4 is 10.6 Å². The highest BCUT2D eigenvalue weighted by Gasteiger charge is 2.16. The average molecular weight is 424 g/mol. The third-order valence-corrected chi connectivity index (χ3v) is 5.68. The molecule has 0 saturated carbocycles. The van der Waals surface area contributed by atoms with Gasteiger partial charge in [0.25, 0.3) is 0 Å². The predicted molar refractivity (Wildman–Crippen MR) is 119 cm³/mol. The fourth-order valence-corrected chi connectivity index (χ4v) is 4.18. The first kappa shape index (κ1) is 19.2. The summed E-state index contributed by atoms with van der Waals surface area (Å²) in [4.78, 5) is 16.8. The van der Waals surface area contributed by atoms with Crippen molar-refractivity contribution in [3.8, 4) is 16.3 Å².